The first-order chi connectivity index (χ1) is 19.2. The van der Waals surface area contributed by atoms with Crippen molar-refractivity contribution in [1.29, 1.82) is 0 Å². The van der Waals surface area contributed by atoms with Gasteiger partial charge in [0.15, 0.2) is 0 Å². The molecule has 2 aliphatic heterocycles. The number of piperidine rings is 2. The van der Waals surface area contributed by atoms with Crippen molar-refractivity contribution in [3.63, 3.8) is 0 Å². The number of carbonyl (C=O) groups is 1. The lowest BCUT2D eigenvalue weighted by Gasteiger charge is -2.34. The van der Waals surface area contributed by atoms with E-state index in [1.165, 1.54) is 6.42 Å². The molecule has 1 N–H and O–H groups in total. The van der Waals surface area contributed by atoms with Crippen molar-refractivity contribution in [2.45, 2.75) is 51.3 Å². The molecular weight excluding hydrogens is 522 g/mol. The lowest BCUT2D eigenvalue weighted by atomic mass is 9.92. The molecule has 214 valence electrons. The fraction of sp³-hybridized carbons (Fsp3) is 0.516. The van der Waals surface area contributed by atoms with Crippen LogP contribution in [0.3, 0.4) is 0 Å². The van der Waals surface area contributed by atoms with E-state index in [0.717, 1.165) is 44.5 Å². The molecule has 2 saturated heterocycles. The minimum absolute atomic E-state index is 0.202. The second-order valence-electron chi connectivity index (χ2n) is 11.9. The van der Waals surface area contributed by atoms with E-state index in [0.29, 0.717) is 59.5 Å². The molecule has 3 aromatic rings. The summed E-state index contributed by atoms with van der Waals surface area (Å²) in [6, 6.07) is 10.4. The molecule has 1 amide bonds. The summed E-state index contributed by atoms with van der Waals surface area (Å²) in [6.45, 7) is 11.5. The van der Waals surface area contributed by atoms with Gasteiger partial charge in [-0.2, -0.15) is 4.31 Å². The van der Waals surface area contributed by atoms with Gasteiger partial charge in [0.05, 0.1) is 21.7 Å². The highest BCUT2D eigenvalue weighted by atomic mass is 32.2. The molecule has 0 bridgehead atoms. The number of rotatable bonds is 8. The third-order valence-corrected chi connectivity index (χ3v) is 10.1. The predicted molar refractivity (Wildman–Crippen MR) is 158 cm³/mol. The van der Waals surface area contributed by atoms with Crippen molar-refractivity contribution < 1.29 is 13.2 Å². The molecule has 0 saturated carbocycles. The Morgan fingerprint density at radius 2 is 1.77 bits per heavy atom. The Balaban J connectivity index is 1.40. The van der Waals surface area contributed by atoms with E-state index in [9.17, 15) is 13.2 Å². The molecule has 4 heterocycles. The van der Waals surface area contributed by atoms with Crippen molar-refractivity contribution in [3.05, 3.63) is 54.4 Å². The van der Waals surface area contributed by atoms with Gasteiger partial charge in [-0.05, 0) is 86.4 Å². The van der Waals surface area contributed by atoms with Crippen LogP contribution in [-0.4, -0.2) is 72.8 Å². The topological polar surface area (TPSA) is 95.5 Å². The van der Waals surface area contributed by atoms with Crippen molar-refractivity contribution in [2.24, 2.45) is 17.8 Å². The summed E-state index contributed by atoms with van der Waals surface area (Å²) in [5.41, 5.74) is 2.43. The van der Waals surface area contributed by atoms with E-state index < -0.39 is 10.0 Å². The van der Waals surface area contributed by atoms with E-state index in [4.69, 9.17) is 4.98 Å². The zero-order valence-electron chi connectivity index (χ0n) is 23.8. The molecule has 0 unspecified atom stereocenters. The van der Waals surface area contributed by atoms with E-state index in [1.54, 1.807) is 41.0 Å². The lowest BCUT2D eigenvalue weighted by Crippen LogP contribution is -2.40. The van der Waals surface area contributed by atoms with Crippen molar-refractivity contribution in [1.82, 2.24) is 24.5 Å². The molecular formula is C31H41N5O3S. The molecule has 5 rings (SSSR count). The summed E-state index contributed by atoms with van der Waals surface area (Å²) in [5.74, 6) is 1.70. The van der Waals surface area contributed by atoms with Gasteiger partial charge in [-0.15, -0.1) is 0 Å². The maximum absolute atomic E-state index is 13.6. The first-order valence-corrected chi connectivity index (χ1v) is 16.0. The van der Waals surface area contributed by atoms with Gasteiger partial charge >= 0.3 is 0 Å². The summed E-state index contributed by atoms with van der Waals surface area (Å²) in [7, 11) is -3.67. The summed E-state index contributed by atoms with van der Waals surface area (Å²) in [6.07, 6.45) is 7.25. The first kappa shape index (κ1) is 28.6. The van der Waals surface area contributed by atoms with Gasteiger partial charge in [0, 0.05) is 56.1 Å². The van der Waals surface area contributed by atoms with Gasteiger partial charge < -0.3 is 10.2 Å². The van der Waals surface area contributed by atoms with Crippen molar-refractivity contribution in [3.8, 4) is 11.3 Å². The summed E-state index contributed by atoms with van der Waals surface area (Å²) >= 11 is 0. The number of sulfonamides is 1. The largest absolute Gasteiger partial charge is 0.352 e. The Bertz CT molecular complexity index is 1430. The number of hydrogen-bond donors (Lipinski definition) is 1. The molecule has 2 fully saturated rings. The lowest BCUT2D eigenvalue weighted by molar-refractivity contribution is 0.0949. The van der Waals surface area contributed by atoms with E-state index in [2.05, 4.69) is 36.0 Å². The highest BCUT2D eigenvalue weighted by molar-refractivity contribution is 7.89. The average molecular weight is 564 g/mol. The first-order valence-electron chi connectivity index (χ1n) is 14.6. The third-order valence-electron chi connectivity index (χ3n) is 8.24. The smallest absolute Gasteiger partial charge is 0.252 e. The van der Waals surface area contributed by atoms with Crippen LogP contribution in [0.25, 0.3) is 22.2 Å². The number of carbonyl (C=O) groups excluding carboxylic acids is 1. The number of nitrogens with one attached hydrogen (secondary N) is 1. The van der Waals surface area contributed by atoms with Crippen LogP contribution >= 0.6 is 0 Å². The number of likely N-dealkylation sites (tertiary alicyclic amines) is 1. The minimum atomic E-state index is -3.67. The number of hydrogen-bond acceptors (Lipinski definition) is 6. The molecule has 0 aliphatic carbocycles. The fourth-order valence-electron chi connectivity index (χ4n) is 6.16. The molecule has 2 aliphatic rings. The van der Waals surface area contributed by atoms with Crippen LogP contribution in [0.2, 0.25) is 0 Å². The highest BCUT2D eigenvalue weighted by Gasteiger charge is 2.29. The molecule has 0 radical (unpaired) electrons. The number of fused-ring (bicyclic) bond motifs is 1. The Kier molecular flexibility index (Phi) is 8.83. The Hall–Kier alpha value is -2.88. The van der Waals surface area contributed by atoms with Crippen LogP contribution in [0.4, 0.5) is 0 Å². The van der Waals surface area contributed by atoms with Crippen LogP contribution < -0.4 is 5.32 Å². The highest BCUT2D eigenvalue weighted by Crippen LogP contribution is 2.29. The molecule has 2 atom stereocenters. The van der Waals surface area contributed by atoms with Crippen LogP contribution in [0, 0.1) is 17.8 Å². The number of amides is 1. The summed E-state index contributed by atoms with van der Waals surface area (Å²) in [4.78, 5) is 25.2. The maximum Gasteiger partial charge on any atom is 0.252 e. The van der Waals surface area contributed by atoms with E-state index in [-0.39, 0.29) is 10.8 Å². The number of aromatic nitrogens is 2. The molecule has 8 nitrogen and oxygen atoms in total. The van der Waals surface area contributed by atoms with Gasteiger partial charge in [0.25, 0.3) is 5.91 Å². The van der Waals surface area contributed by atoms with E-state index in [1.807, 2.05) is 12.1 Å². The van der Waals surface area contributed by atoms with Crippen molar-refractivity contribution >= 4 is 26.8 Å². The van der Waals surface area contributed by atoms with Gasteiger partial charge in [0.1, 0.15) is 0 Å². The fourth-order valence-corrected chi connectivity index (χ4v) is 7.66. The average Bonchev–Trinajstić information content (AvgIpc) is 2.94. The van der Waals surface area contributed by atoms with E-state index >= 15 is 0 Å². The number of pyridine rings is 2. The zero-order chi connectivity index (χ0) is 28.3. The third kappa shape index (κ3) is 6.53. The molecule has 0 spiro atoms. The normalized spacial score (nSPS) is 21.5. The van der Waals surface area contributed by atoms with Crippen LogP contribution in [0.1, 0.15) is 56.8 Å². The Morgan fingerprint density at radius 3 is 2.48 bits per heavy atom. The van der Waals surface area contributed by atoms with Crippen LogP contribution in [0.5, 0.6) is 0 Å². The van der Waals surface area contributed by atoms with Gasteiger partial charge in [-0.1, -0.05) is 20.8 Å². The monoisotopic (exact) mass is 563 g/mol. The van der Waals surface area contributed by atoms with Crippen LogP contribution in [0.15, 0.2) is 53.7 Å². The molecule has 2 aromatic heterocycles. The summed E-state index contributed by atoms with van der Waals surface area (Å²) in [5, 5.41) is 3.63. The summed E-state index contributed by atoms with van der Waals surface area (Å²) < 4.78 is 28.6. The second-order valence-corrected chi connectivity index (χ2v) is 13.8. The second kappa shape index (κ2) is 12.3. The minimum Gasteiger partial charge on any atom is -0.352 e. The quantitative estimate of drug-likeness (QED) is 0.395. The molecule has 40 heavy (non-hydrogen) atoms. The number of benzene rings is 1. The Morgan fingerprint density at radius 1 is 1.02 bits per heavy atom. The van der Waals surface area contributed by atoms with Crippen molar-refractivity contribution in [2.75, 3.05) is 39.3 Å². The standard InChI is InChI=1S/C31H41N5O3S/c1-22-9-14-36(15-10-22)40(38,39)26-7-8-29-27(17-26)28(18-30(34-29)25-6-4-11-32-19-25)31(37)33-12-5-13-35-20-23(2)16-24(3)21-35/h4,6-8,11,17-19,22-24H,5,9-10,12-16,20-21H2,1-3H3,(H,33,37)/t23-,24-/m1/s1. The molecule has 9 heteroatoms. The Labute approximate surface area is 238 Å². The van der Waals surface area contributed by atoms with Gasteiger partial charge in [0.2, 0.25) is 10.0 Å². The predicted octanol–water partition coefficient (Wildman–Crippen LogP) is 4.82. The zero-order valence-corrected chi connectivity index (χ0v) is 24.7. The van der Waals surface area contributed by atoms with Crippen LogP contribution in [-0.2, 0) is 10.0 Å². The van der Waals surface area contributed by atoms with Gasteiger partial charge in [-0.25, -0.2) is 13.4 Å². The SMILES string of the molecule is CC1CCN(S(=O)(=O)c2ccc3nc(-c4cccnc4)cc(C(=O)NCCCN4C[C@H](C)C[C@@H](C)C4)c3c2)CC1. The maximum atomic E-state index is 13.6. The van der Waals surface area contributed by atoms with Gasteiger partial charge in [-0.3, -0.25) is 9.78 Å². The molecule has 1 aromatic carbocycles. The number of nitrogens with zero attached hydrogens (tertiary/aromatic N) is 4.